The van der Waals surface area contributed by atoms with Crippen molar-refractivity contribution in [1.29, 1.82) is 0 Å². The highest BCUT2D eigenvalue weighted by Gasteiger charge is 2.18. The molecule has 160 valence electrons. The van der Waals surface area contributed by atoms with E-state index in [0.29, 0.717) is 17.0 Å². The zero-order valence-corrected chi connectivity index (χ0v) is 17.9. The fourth-order valence-electron chi connectivity index (χ4n) is 3.73. The van der Waals surface area contributed by atoms with E-state index in [0.717, 1.165) is 45.0 Å². The maximum atomic E-state index is 13.7. The highest BCUT2D eigenvalue weighted by atomic mass is 35.5. The van der Waals surface area contributed by atoms with Gasteiger partial charge in [0.05, 0.1) is 10.5 Å². The van der Waals surface area contributed by atoms with E-state index in [1.165, 1.54) is 18.2 Å². The number of aromatic nitrogens is 3. The summed E-state index contributed by atoms with van der Waals surface area (Å²) < 4.78 is 13.7. The number of halogens is 2. The number of benzene rings is 3. The molecule has 0 radical (unpaired) electrons. The molecule has 7 heteroatoms. The molecule has 0 fully saturated rings. The number of H-pyrrole nitrogens is 1. The molecule has 0 aliphatic carbocycles. The first-order valence-corrected chi connectivity index (χ1v) is 10.4. The van der Waals surface area contributed by atoms with Crippen LogP contribution in [-0.4, -0.2) is 26.5 Å². The normalized spacial score (nSPS) is 12.3. The Bertz CT molecular complexity index is 1360. The van der Waals surface area contributed by atoms with E-state index in [1.807, 2.05) is 49.4 Å². The van der Waals surface area contributed by atoms with Crippen molar-refractivity contribution in [2.75, 3.05) is 0 Å². The number of hydrogen-bond donors (Lipinski definition) is 2. The summed E-state index contributed by atoms with van der Waals surface area (Å²) in [6, 6.07) is 17.7. The second kappa shape index (κ2) is 9.16. The Morgan fingerprint density at radius 3 is 2.59 bits per heavy atom. The Labute approximate surface area is 188 Å². The third-order valence-corrected chi connectivity index (χ3v) is 5.47. The van der Waals surface area contributed by atoms with Crippen LogP contribution in [0.4, 0.5) is 4.39 Å². The molecule has 0 bridgehead atoms. The van der Waals surface area contributed by atoms with Crippen LogP contribution in [0, 0.1) is 5.82 Å². The van der Waals surface area contributed by atoms with Gasteiger partial charge in [-0.25, -0.2) is 9.18 Å². The predicted octanol–water partition coefficient (Wildman–Crippen LogP) is 6.22. The average molecular weight is 448 g/mol. The first-order chi connectivity index (χ1) is 15.5. The van der Waals surface area contributed by atoms with Crippen LogP contribution in [0.25, 0.3) is 28.3 Å². The van der Waals surface area contributed by atoms with Crippen molar-refractivity contribution in [3.63, 3.8) is 0 Å². The highest BCUT2D eigenvalue weighted by Crippen LogP contribution is 2.39. The van der Waals surface area contributed by atoms with Gasteiger partial charge in [0.15, 0.2) is 0 Å². The van der Waals surface area contributed by atoms with Gasteiger partial charge in [0, 0.05) is 11.6 Å². The molecule has 4 aromatic rings. The van der Waals surface area contributed by atoms with Gasteiger partial charge in [-0.3, -0.25) is 5.10 Å². The van der Waals surface area contributed by atoms with Crippen LogP contribution >= 0.6 is 11.6 Å². The summed E-state index contributed by atoms with van der Waals surface area (Å²) in [5, 5.41) is 20.3. The van der Waals surface area contributed by atoms with Crippen LogP contribution in [0.1, 0.15) is 35.6 Å². The first kappa shape index (κ1) is 21.5. The van der Waals surface area contributed by atoms with Crippen LogP contribution in [0.15, 0.2) is 66.7 Å². The Morgan fingerprint density at radius 1 is 1.12 bits per heavy atom. The predicted molar refractivity (Wildman–Crippen MR) is 125 cm³/mol. The zero-order valence-electron chi connectivity index (χ0n) is 17.1. The molecule has 1 heterocycles. The van der Waals surface area contributed by atoms with Crippen LogP contribution in [0.5, 0.6) is 0 Å². The van der Waals surface area contributed by atoms with E-state index in [-0.39, 0.29) is 0 Å². The molecule has 2 N–H and O–H groups in total. The molecule has 0 amide bonds. The molecule has 4 rings (SSSR count). The number of nitrogens with one attached hydrogen (secondary N) is 1. The van der Waals surface area contributed by atoms with Crippen molar-refractivity contribution >= 4 is 45.8 Å². The van der Waals surface area contributed by atoms with Crippen LogP contribution < -0.4 is 0 Å². The molecule has 1 aromatic heterocycles. The van der Waals surface area contributed by atoms with E-state index in [1.54, 1.807) is 6.07 Å². The molecule has 3 aromatic carbocycles. The molecule has 0 aliphatic heterocycles. The molecular formula is C25H19ClFN3O2. The second-order valence-corrected chi connectivity index (χ2v) is 7.55. The van der Waals surface area contributed by atoms with Crippen LogP contribution in [-0.2, 0) is 4.79 Å². The minimum Gasteiger partial charge on any atom is -0.478 e. The summed E-state index contributed by atoms with van der Waals surface area (Å²) in [4.78, 5) is 10.8. The molecular weight excluding hydrogens is 429 g/mol. The van der Waals surface area contributed by atoms with Crippen molar-refractivity contribution in [2.45, 2.75) is 13.3 Å². The number of nitrogens with zero attached hydrogens (tertiary/aromatic N) is 2. The van der Waals surface area contributed by atoms with Crippen molar-refractivity contribution in [1.82, 2.24) is 15.4 Å². The molecule has 0 saturated heterocycles. The third-order valence-electron chi connectivity index (χ3n) is 5.16. The monoisotopic (exact) mass is 447 g/mol. The lowest BCUT2D eigenvalue weighted by Gasteiger charge is -2.17. The van der Waals surface area contributed by atoms with E-state index >= 15 is 0 Å². The highest BCUT2D eigenvalue weighted by molar-refractivity contribution is 6.32. The maximum Gasteiger partial charge on any atom is 0.328 e. The van der Waals surface area contributed by atoms with Crippen molar-refractivity contribution in [3.8, 4) is 0 Å². The summed E-state index contributed by atoms with van der Waals surface area (Å²) in [6.45, 7) is 2.02. The topological polar surface area (TPSA) is 78.9 Å². The minimum atomic E-state index is -1.01. The third kappa shape index (κ3) is 4.31. The standard InChI is InChI=1S/C25H19ClFN3O2/c1-2-18(19-12-11-17(27)14-21(19)26)24(20-4-3-5-22-25(20)29-30-28-22)16-9-6-15(7-10-16)8-13-23(31)32/h3-14H,2H2,1H3,(H,31,32)(H,28,29,30)/b13-8+,24-18+. The smallest absolute Gasteiger partial charge is 0.328 e. The van der Waals surface area contributed by atoms with Crippen molar-refractivity contribution in [3.05, 3.63) is 99.8 Å². The molecule has 5 nitrogen and oxygen atoms in total. The van der Waals surface area contributed by atoms with Crippen molar-refractivity contribution in [2.24, 2.45) is 0 Å². The minimum absolute atomic E-state index is 0.327. The lowest BCUT2D eigenvalue weighted by Crippen LogP contribution is -1.97. The largest absolute Gasteiger partial charge is 0.478 e. The Hall–Kier alpha value is -3.77. The van der Waals surface area contributed by atoms with Gasteiger partial charge in [-0.1, -0.05) is 66.2 Å². The fraction of sp³-hybridized carbons (Fsp3) is 0.0800. The quantitative estimate of drug-likeness (QED) is 0.272. The lowest BCUT2D eigenvalue weighted by atomic mass is 9.87. The zero-order chi connectivity index (χ0) is 22.7. The SMILES string of the molecule is CC/C(=C(/c1ccc(/C=C/C(=O)O)cc1)c1cccc2[nH]nnc12)c1ccc(F)cc1Cl. The number of carbonyl (C=O) groups is 1. The van der Waals surface area contributed by atoms with Gasteiger partial charge in [-0.2, -0.15) is 0 Å². The number of carboxylic acid groups (broad SMARTS) is 1. The van der Waals surface area contributed by atoms with Crippen LogP contribution in [0.2, 0.25) is 5.02 Å². The van der Waals surface area contributed by atoms with E-state index in [4.69, 9.17) is 16.7 Å². The van der Waals surface area contributed by atoms with Crippen LogP contribution in [0.3, 0.4) is 0 Å². The summed E-state index contributed by atoms with van der Waals surface area (Å²) in [5.74, 6) is -1.41. The van der Waals surface area contributed by atoms with E-state index in [2.05, 4.69) is 15.4 Å². The van der Waals surface area contributed by atoms with Gasteiger partial charge in [0.25, 0.3) is 0 Å². The molecule has 32 heavy (non-hydrogen) atoms. The Morgan fingerprint density at radius 2 is 1.91 bits per heavy atom. The number of aliphatic carboxylic acids is 1. The molecule has 0 unspecified atom stereocenters. The van der Waals surface area contributed by atoms with E-state index < -0.39 is 11.8 Å². The van der Waals surface area contributed by atoms with Gasteiger partial charge >= 0.3 is 5.97 Å². The fourth-order valence-corrected chi connectivity index (χ4v) is 4.01. The number of hydrogen-bond acceptors (Lipinski definition) is 3. The molecule has 0 aliphatic rings. The summed E-state index contributed by atoms with van der Waals surface area (Å²) in [5.41, 5.74) is 6.58. The molecule has 0 spiro atoms. The number of allylic oxidation sites excluding steroid dienone is 1. The summed E-state index contributed by atoms with van der Waals surface area (Å²) in [7, 11) is 0. The maximum absolute atomic E-state index is 13.7. The summed E-state index contributed by atoms with van der Waals surface area (Å²) >= 11 is 6.44. The van der Waals surface area contributed by atoms with Gasteiger partial charge < -0.3 is 5.11 Å². The second-order valence-electron chi connectivity index (χ2n) is 7.14. The van der Waals surface area contributed by atoms with Gasteiger partial charge in [-0.05, 0) is 58.5 Å². The Kier molecular flexibility index (Phi) is 6.14. The molecule has 0 saturated carbocycles. The number of carboxylic acids is 1. The summed E-state index contributed by atoms with van der Waals surface area (Å²) in [6.07, 6.45) is 3.26. The van der Waals surface area contributed by atoms with Gasteiger partial charge in [0.2, 0.25) is 0 Å². The Balaban J connectivity index is 1.98. The lowest BCUT2D eigenvalue weighted by molar-refractivity contribution is -0.131. The van der Waals surface area contributed by atoms with E-state index in [9.17, 15) is 9.18 Å². The van der Waals surface area contributed by atoms with Gasteiger partial charge in [0.1, 0.15) is 11.3 Å². The number of rotatable bonds is 6. The van der Waals surface area contributed by atoms with Crippen molar-refractivity contribution < 1.29 is 14.3 Å². The number of aromatic amines is 1. The number of fused-ring (bicyclic) bond motifs is 1. The first-order valence-electron chi connectivity index (χ1n) is 9.98. The average Bonchev–Trinajstić information content (AvgIpc) is 3.26. The van der Waals surface area contributed by atoms with Gasteiger partial charge in [-0.15, -0.1) is 5.10 Å². The molecule has 0 atom stereocenters.